The lowest BCUT2D eigenvalue weighted by molar-refractivity contribution is 0.0705. The second-order valence-electron chi connectivity index (χ2n) is 6.68. The van der Waals surface area contributed by atoms with Gasteiger partial charge in [-0.1, -0.05) is 0 Å². The van der Waals surface area contributed by atoms with Gasteiger partial charge in [-0.3, -0.25) is 9.80 Å². The van der Waals surface area contributed by atoms with E-state index in [1.54, 1.807) is 6.26 Å². The molecule has 1 atom stereocenters. The lowest BCUT2D eigenvalue weighted by atomic mass is 9.95. The number of likely N-dealkylation sites (tertiary alicyclic amines) is 1. The topological polar surface area (TPSA) is 45.6 Å². The molecule has 1 saturated heterocycles. The van der Waals surface area contributed by atoms with Crippen LogP contribution in [0.1, 0.15) is 38.9 Å². The van der Waals surface area contributed by atoms with Crippen LogP contribution in [-0.4, -0.2) is 47.1 Å². The van der Waals surface area contributed by atoms with E-state index in [-0.39, 0.29) is 5.54 Å². The van der Waals surface area contributed by atoms with Gasteiger partial charge in [-0.2, -0.15) is 0 Å². The Morgan fingerprint density at radius 1 is 1.50 bits per heavy atom. The molecule has 1 aliphatic carbocycles. The zero-order chi connectivity index (χ0) is 14.2. The van der Waals surface area contributed by atoms with Crippen LogP contribution in [0.2, 0.25) is 0 Å². The molecule has 2 aliphatic rings. The zero-order valence-corrected chi connectivity index (χ0v) is 12.7. The average Bonchev–Trinajstić information content (AvgIpc) is 2.98. The van der Waals surface area contributed by atoms with E-state index in [4.69, 9.17) is 10.2 Å². The van der Waals surface area contributed by atoms with E-state index in [2.05, 4.69) is 29.7 Å². The molecule has 0 bridgehead atoms. The number of furan rings is 1. The molecule has 112 valence electrons. The third kappa shape index (κ3) is 2.65. The van der Waals surface area contributed by atoms with Crippen molar-refractivity contribution in [3.63, 3.8) is 0 Å². The lowest BCUT2D eigenvalue weighted by Crippen LogP contribution is -2.56. The normalized spacial score (nSPS) is 27.9. The maximum atomic E-state index is 6.23. The molecular weight excluding hydrogens is 250 g/mol. The molecule has 1 aromatic heterocycles. The Morgan fingerprint density at radius 3 is 2.80 bits per heavy atom. The van der Waals surface area contributed by atoms with E-state index in [9.17, 15) is 0 Å². The highest BCUT2D eigenvalue weighted by Gasteiger charge is 2.47. The Labute approximate surface area is 121 Å². The molecule has 4 nitrogen and oxygen atoms in total. The number of nitrogens with zero attached hydrogens (tertiary/aromatic N) is 2. The highest BCUT2D eigenvalue weighted by atomic mass is 16.3. The Morgan fingerprint density at radius 2 is 2.30 bits per heavy atom. The summed E-state index contributed by atoms with van der Waals surface area (Å²) in [4.78, 5) is 5.19. The summed E-state index contributed by atoms with van der Waals surface area (Å²) in [5, 5.41) is 0. The maximum absolute atomic E-state index is 6.23. The van der Waals surface area contributed by atoms with E-state index in [0.717, 1.165) is 31.9 Å². The summed E-state index contributed by atoms with van der Waals surface area (Å²) in [5.74, 6) is 1.06. The molecule has 1 aliphatic heterocycles. The van der Waals surface area contributed by atoms with Gasteiger partial charge in [-0.15, -0.1) is 0 Å². The van der Waals surface area contributed by atoms with E-state index < -0.39 is 0 Å². The van der Waals surface area contributed by atoms with Crippen molar-refractivity contribution in [1.82, 2.24) is 9.80 Å². The summed E-state index contributed by atoms with van der Waals surface area (Å²) in [7, 11) is 0. The third-order valence-electron chi connectivity index (χ3n) is 4.98. The number of hydrogen-bond donors (Lipinski definition) is 1. The minimum atomic E-state index is 0.137. The van der Waals surface area contributed by atoms with Gasteiger partial charge >= 0.3 is 0 Å². The fourth-order valence-electron chi connectivity index (χ4n) is 3.49. The standard InChI is InChI=1S/C16H27N3O/c1-13(2)18-8-7-16(11-17,12-18)19(14-5-6-14)10-15-4-3-9-20-15/h3-4,9,13-14H,5-8,10-12,17H2,1-2H3. The van der Waals surface area contributed by atoms with E-state index >= 15 is 0 Å². The lowest BCUT2D eigenvalue weighted by Gasteiger charge is -2.41. The Balaban J connectivity index is 1.78. The van der Waals surface area contributed by atoms with Crippen LogP contribution < -0.4 is 5.73 Å². The molecule has 3 rings (SSSR count). The second kappa shape index (κ2) is 5.51. The smallest absolute Gasteiger partial charge is 0.117 e. The van der Waals surface area contributed by atoms with Crippen molar-refractivity contribution in [2.45, 2.75) is 57.3 Å². The highest BCUT2D eigenvalue weighted by Crippen LogP contribution is 2.39. The minimum absolute atomic E-state index is 0.137. The van der Waals surface area contributed by atoms with Crippen LogP contribution in [0.15, 0.2) is 22.8 Å². The summed E-state index contributed by atoms with van der Waals surface area (Å²) in [5.41, 5.74) is 6.36. The summed E-state index contributed by atoms with van der Waals surface area (Å²) >= 11 is 0. The first-order valence-electron chi connectivity index (χ1n) is 7.88. The summed E-state index contributed by atoms with van der Waals surface area (Å²) in [6.45, 7) is 8.46. The van der Waals surface area contributed by atoms with Gasteiger partial charge in [0.25, 0.3) is 0 Å². The quantitative estimate of drug-likeness (QED) is 0.864. The first-order valence-corrected chi connectivity index (χ1v) is 7.88. The molecule has 0 amide bonds. The molecule has 2 N–H and O–H groups in total. The Kier molecular flexibility index (Phi) is 3.89. The highest BCUT2D eigenvalue weighted by molar-refractivity contribution is 5.08. The van der Waals surface area contributed by atoms with Crippen LogP contribution >= 0.6 is 0 Å². The van der Waals surface area contributed by atoms with Gasteiger partial charge in [0.15, 0.2) is 0 Å². The first kappa shape index (κ1) is 14.1. The van der Waals surface area contributed by atoms with Gasteiger partial charge in [0.2, 0.25) is 0 Å². The summed E-state index contributed by atoms with van der Waals surface area (Å²) in [6, 6.07) is 5.36. The molecule has 4 heteroatoms. The number of rotatable bonds is 6. The van der Waals surface area contributed by atoms with Gasteiger partial charge in [0.1, 0.15) is 5.76 Å². The largest absolute Gasteiger partial charge is 0.468 e. The Bertz CT molecular complexity index is 427. The third-order valence-corrected chi connectivity index (χ3v) is 4.98. The second-order valence-corrected chi connectivity index (χ2v) is 6.68. The molecule has 2 fully saturated rings. The van der Waals surface area contributed by atoms with Crippen LogP contribution in [0.3, 0.4) is 0 Å². The van der Waals surface area contributed by atoms with Crippen LogP contribution in [-0.2, 0) is 6.54 Å². The molecule has 0 radical (unpaired) electrons. The van der Waals surface area contributed by atoms with E-state index in [0.29, 0.717) is 12.1 Å². The molecule has 2 heterocycles. The van der Waals surface area contributed by atoms with Crippen molar-refractivity contribution in [3.8, 4) is 0 Å². The fraction of sp³-hybridized carbons (Fsp3) is 0.750. The van der Waals surface area contributed by atoms with E-state index in [1.807, 2.05) is 6.07 Å². The van der Waals surface area contributed by atoms with Gasteiger partial charge in [0.05, 0.1) is 12.8 Å². The monoisotopic (exact) mass is 277 g/mol. The van der Waals surface area contributed by atoms with Crippen molar-refractivity contribution in [2.24, 2.45) is 5.73 Å². The van der Waals surface area contributed by atoms with Gasteiger partial charge < -0.3 is 10.2 Å². The molecule has 1 unspecified atom stereocenters. The predicted octanol–water partition coefficient (Wildman–Crippen LogP) is 2.06. The van der Waals surface area contributed by atoms with E-state index in [1.165, 1.54) is 19.3 Å². The first-order chi connectivity index (χ1) is 9.64. The molecule has 1 aromatic rings. The van der Waals surface area contributed by atoms with Crippen LogP contribution in [0.25, 0.3) is 0 Å². The minimum Gasteiger partial charge on any atom is -0.468 e. The summed E-state index contributed by atoms with van der Waals surface area (Å²) < 4.78 is 5.57. The Hall–Kier alpha value is -0.840. The van der Waals surface area contributed by atoms with Crippen LogP contribution in [0.5, 0.6) is 0 Å². The van der Waals surface area contributed by atoms with Gasteiger partial charge in [-0.25, -0.2) is 0 Å². The molecule has 1 saturated carbocycles. The van der Waals surface area contributed by atoms with Gasteiger partial charge in [-0.05, 0) is 45.2 Å². The molecular formula is C16H27N3O. The molecule has 20 heavy (non-hydrogen) atoms. The van der Waals surface area contributed by atoms with Gasteiger partial charge in [0, 0.05) is 37.3 Å². The maximum Gasteiger partial charge on any atom is 0.117 e. The van der Waals surface area contributed by atoms with Crippen molar-refractivity contribution < 1.29 is 4.42 Å². The molecule has 0 aromatic carbocycles. The molecule has 0 spiro atoms. The fourth-order valence-corrected chi connectivity index (χ4v) is 3.49. The van der Waals surface area contributed by atoms with Crippen molar-refractivity contribution in [3.05, 3.63) is 24.2 Å². The van der Waals surface area contributed by atoms with Crippen LogP contribution in [0.4, 0.5) is 0 Å². The number of hydrogen-bond acceptors (Lipinski definition) is 4. The summed E-state index contributed by atoms with van der Waals surface area (Å²) in [6.07, 6.45) is 5.57. The zero-order valence-electron chi connectivity index (χ0n) is 12.7. The van der Waals surface area contributed by atoms with Crippen LogP contribution in [0, 0.1) is 0 Å². The predicted molar refractivity (Wildman–Crippen MR) is 80.4 cm³/mol. The van der Waals surface area contributed by atoms with Crippen molar-refractivity contribution in [1.29, 1.82) is 0 Å². The SMILES string of the molecule is CC(C)N1CCC(CN)(N(Cc2ccco2)C2CC2)C1. The van der Waals surface area contributed by atoms with Crippen molar-refractivity contribution in [2.75, 3.05) is 19.6 Å². The average molecular weight is 277 g/mol. The number of nitrogens with two attached hydrogens (primary N) is 1. The van der Waals surface area contributed by atoms with Crippen molar-refractivity contribution >= 4 is 0 Å².